The maximum absolute atomic E-state index is 12.5. The average Bonchev–Trinajstić information content (AvgIpc) is 2.93. The molecule has 0 radical (unpaired) electrons. The highest BCUT2D eigenvalue weighted by atomic mass is 19.4. The van der Waals surface area contributed by atoms with Crippen molar-refractivity contribution < 1.29 is 18.0 Å². The maximum Gasteiger partial charge on any atom is 0.401 e. The number of aromatic nitrogens is 1. The molecule has 2 rings (SSSR count). The van der Waals surface area contributed by atoms with Gasteiger partial charge in [-0.3, -0.25) is 14.5 Å². The van der Waals surface area contributed by atoms with Gasteiger partial charge in [0.1, 0.15) is 0 Å². The lowest BCUT2D eigenvalue weighted by Crippen LogP contribution is -2.38. The Morgan fingerprint density at radius 1 is 1.46 bits per heavy atom. The van der Waals surface area contributed by atoms with Gasteiger partial charge in [0, 0.05) is 31.9 Å². The van der Waals surface area contributed by atoms with E-state index in [2.05, 4.69) is 4.98 Å². The molecular formula is C16H22F3N3O2. The van der Waals surface area contributed by atoms with E-state index in [0.717, 1.165) is 0 Å². The van der Waals surface area contributed by atoms with Gasteiger partial charge in [-0.25, -0.2) is 0 Å². The van der Waals surface area contributed by atoms with Crippen molar-refractivity contribution in [2.75, 3.05) is 32.7 Å². The van der Waals surface area contributed by atoms with Crippen molar-refractivity contribution in [1.29, 1.82) is 0 Å². The van der Waals surface area contributed by atoms with E-state index < -0.39 is 12.7 Å². The van der Waals surface area contributed by atoms with Crippen LogP contribution in [0.25, 0.3) is 0 Å². The molecule has 1 atom stereocenters. The zero-order valence-corrected chi connectivity index (χ0v) is 13.8. The zero-order chi connectivity index (χ0) is 17.9. The monoisotopic (exact) mass is 345 g/mol. The van der Waals surface area contributed by atoms with Gasteiger partial charge < -0.3 is 9.88 Å². The first kappa shape index (κ1) is 18.5. The van der Waals surface area contributed by atoms with E-state index in [9.17, 15) is 22.8 Å². The van der Waals surface area contributed by atoms with Gasteiger partial charge in [-0.05, 0) is 31.4 Å². The number of hydrogen-bond donors (Lipinski definition) is 1. The van der Waals surface area contributed by atoms with E-state index in [1.54, 1.807) is 18.7 Å². The lowest BCUT2D eigenvalue weighted by Gasteiger charge is -2.25. The van der Waals surface area contributed by atoms with E-state index in [4.69, 9.17) is 0 Å². The smallest absolute Gasteiger partial charge is 0.338 e. The maximum atomic E-state index is 12.5. The molecule has 0 aromatic carbocycles. The number of alkyl halides is 3. The number of nitrogens with one attached hydrogen (secondary N) is 1. The molecule has 134 valence electrons. The highest BCUT2D eigenvalue weighted by Gasteiger charge is 2.33. The summed E-state index contributed by atoms with van der Waals surface area (Å²) in [6.07, 6.45) is -2.13. The van der Waals surface area contributed by atoms with Crippen molar-refractivity contribution in [2.45, 2.75) is 26.4 Å². The van der Waals surface area contributed by atoms with E-state index >= 15 is 0 Å². The van der Waals surface area contributed by atoms with E-state index in [1.165, 1.54) is 17.2 Å². The van der Waals surface area contributed by atoms with E-state index in [-0.39, 0.29) is 17.4 Å². The molecular weight excluding hydrogens is 323 g/mol. The third-order valence-electron chi connectivity index (χ3n) is 4.30. The Bertz CT molecular complexity index is 642. The number of carbonyl (C=O) groups is 1. The quantitative estimate of drug-likeness (QED) is 0.888. The number of hydrogen-bond acceptors (Lipinski definition) is 3. The Hall–Kier alpha value is -1.83. The first-order valence-electron chi connectivity index (χ1n) is 7.97. The second kappa shape index (κ2) is 7.38. The summed E-state index contributed by atoms with van der Waals surface area (Å²) >= 11 is 0. The molecule has 1 unspecified atom stereocenters. The van der Waals surface area contributed by atoms with Crippen LogP contribution in [0, 0.1) is 12.8 Å². The van der Waals surface area contributed by atoms with Crippen LogP contribution in [-0.4, -0.2) is 59.6 Å². The van der Waals surface area contributed by atoms with Gasteiger partial charge in [0.05, 0.1) is 12.1 Å². The molecule has 5 nitrogen and oxygen atoms in total. The first-order valence-corrected chi connectivity index (χ1v) is 7.97. The summed E-state index contributed by atoms with van der Waals surface area (Å²) in [7, 11) is 0. The molecule has 1 aromatic heterocycles. The molecule has 8 heteroatoms. The third kappa shape index (κ3) is 4.83. The zero-order valence-electron chi connectivity index (χ0n) is 13.8. The highest BCUT2D eigenvalue weighted by Crippen LogP contribution is 2.22. The van der Waals surface area contributed by atoms with Gasteiger partial charge in [-0.15, -0.1) is 0 Å². The van der Waals surface area contributed by atoms with Crippen LogP contribution >= 0.6 is 0 Å². The predicted octanol–water partition coefficient (Wildman–Crippen LogP) is 2.03. The van der Waals surface area contributed by atoms with Crippen molar-refractivity contribution in [3.63, 3.8) is 0 Å². The summed E-state index contributed by atoms with van der Waals surface area (Å²) in [6.45, 7) is 4.07. The first-order chi connectivity index (χ1) is 11.2. The Morgan fingerprint density at radius 3 is 2.75 bits per heavy atom. The summed E-state index contributed by atoms with van der Waals surface area (Å²) in [5.74, 6) is -0.163. The van der Waals surface area contributed by atoms with Crippen molar-refractivity contribution in [1.82, 2.24) is 14.8 Å². The summed E-state index contributed by atoms with van der Waals surface area (Å²) in [5, 5.41) is 0. The molecule has 1 aromatic rings. The number of aromatic amines is 1. The molecule has 0 saturated carbocycles. The molecule has 1 fully saturated rings. The highest BCUT2D eigenvalue weighted by molar-refractivity contribution is 5.95. The van der Waals surface area contributed by atoms with Gasteiger partial charge >= 0.3 is 6.18 Å². The normalized spacial score (nSPS) is 18.4. The summed E-state index contributed by atoms with van der Waals surface area (Å²) in [5.41, 5.74) is 0.756. The number of aryl methyl sites for hydroxylation is 1. The minimum Gasteiger partial charge on any atom is -0.338 e. The second-order valence-corrected chi connectivity index (χ2v) is 6.24. The van der Waals surface area contributed by atoms with Crippen LogP contribution in [0.1, 0.15) is 29.3 Å². The molecule has 1 N–H and O–H groups in total. The molecule has 1 saturated heterocycles. The van der Waals surface area contributed by atoms with Gasteiger partial charge in [-0.1, -0.05) is 6.92 Å². The van der Waals surface area contributed by atoms with E-state index in [0.29, 0.717) is 43.7 Å². The molecule has 1 aliphatic rings. The number of H-pyrrole nitrogens is 1. The van der Waals surface area contributed by atoms with Crippen molar-refractivity contribution in [2.24, 2.45) is 5.92 Å². The fraction of sp³-hybridized carbons (Fsp3) is 0.625. The lowest BCUT2D eigenvalue weighted by atomic mass is 10.1. The van der Waals surface area contributed by atoms with Crippen molar-refractivity contribution >= 4 is 5.91 Å². The number of rotatable bonds is 5. The standard InChI is InChI=1S/C16H22F3N3O2/c1-3-21(10-16(17,18)19)8-12-4-5-22(9-12)15(24)13-7-20-14(23)6-11(13)2/h6-7,12H,3-5,8-10H2,1-2H3,(H,20,23). The van der Waals surface area contributed by atoms with Crippen LogP contribution in [-0.2, 0) is 0 Å². The van der Waals surface area contributed by atoms with Gasteiger partial charge in [-0.2, -0.15) is 13.2 Å². The van der Waals surface area contributed by atoms with Gasteiger partial charge in [0.25, 0.3) is 5.91 Å². The molecule has 1 amide bonds. The minimum atomic E-state index is -4.21. The van der Waals surface area contributed by atoms with Gasteiger partial charge in [0.2, 0.25) is 5.56 Å². The van der Waals surface area contributed by atoms with Crippen LogP contribution in [0.5, 0.6) is 0 Å². The van der Waals surface area contributed by atoms with Crippen molar-refractivity contribution in [3.05, 3.63) is 33.7 Å². The average molecular weight is 345 g/mol. The van der Waals surface area contributed by atoms with Crippen LogP contribution in [0.2, 0.25) is 0 Å². The molecule has 0 spiro atoms. The summed E-state index contributed by atoms with van der Waals surface area (Å²) in [4.78, 5) is 29.2. The molecule has 0 bridgehead atoms. The molecule has 1 aliphatic heterocycles. The lowest BCUT2D eigenvalue weighted by molar-refractivity contribution is -0.146. The summed E-state index contributed by atoms with van der Waals surface area (Å²) in [6, 6.07) is 1.36. The molecule has 24 heavy (non-hydrogen) atoms. The number of carbonyl (C=O) groups excluding carboxylic acids is 1. The van der Waals surface area contributed by atoms with Crippen LogP contribution in [0.15, 0.2) is 17.1 Å². The fourth-order valence-electron chi connectivity index (χ4n) is 3.06. The van der Waals surface area contributed by atoms with E-state index in [1.807, 2.05) is 0 Å². The number of likely N-dealkylation sites (tertiary alicyclic amines) is 1. The SMILES string of the molecule is CCN(CC1CCN(C(=O)c2c[nH]c(=O)cc2C)C1)CC(F)(F)F. The largest absolute Gasteiger partial charge is 0.401 e. The number of nitrogens with zero attached hydrogens (tertiary/aromatic N) is 2. The Morgan fingerprint density at radius 2 is 2.17 bits per heavy atom. The Labute approximate surface area is 138 Å². The Balaban J connectivity index is 1.97. The Kier molecular flexibility index (Phi) is 5.69. The van der Waals surface area contributed by atoms with Crippen LogP contribution in [0.4, 0.5) is 13.2 Å². The fourth-order valence-corrected chi connectivity index (χ4v) is 3.06. The molecule has 0 aliphatic carbocycles. The molecule has 2 heterocycles. The minimum absolute atomic E-state index is 0.0271. The predicted molar refractivity (Wildman–Crippen MR) is 84.0 cm³/mol. The number of pyridine rings is 1. The van der Waals surface area contributed by atoms with Crippen LogP contribution < -0.4 is 5.56 Å². The summed E-state index contributed by atoms with van der Waals surface area (Å²) < 4.78 is 37.6. The van der Waals surface area contributed by atoms with Crippen molar-refractivity contribution in [3.8, 4) is 0 Å². The third-order valence-corrected chi connectivity index (χ3v) is 4.30. The van der Waals surface area contributed by atoms with Crippen LogP contribution in [0.3, 0.4) is 0 Å². The second-order valence-electron chi connectivity index (χ2n) is 6.24. The topological polar surface area (TPSA) is 56.4 Å². The number of amides is 1. The van der Waals surface area contributed by atoms with Gasteiger partial charge in [0.15, 0.2) is 0 Å². The number of halogens is 3.